The number of benzene rings is 1. The fourth-order valence-electron chi connectivity index (χ4n) is 2.87. The molecule has 0 saturated carbocycles. The van der Waals surface area contributed by atoms with Gasteiger partial charge in [-0.15, -0.1) is 0 Å². The molecule has 0 fully saturated rings. The van der Waals surface area contributed by atoms with Crippen molar-refractivity contribution in [3.63, 3.8) is 0 Å². The Labute approximate surface area is 130 Å². The van der Waals surface area contributed by atoms with Gasteiger partial charge >= 0.3 is 0 Å². The summed E-state index contributed by atoms with van der Waals surface area (Å²) in [5.41, 5.74) is 6.93. The standard InChI is InChI=1S/C19H32FN/c1-2-3-4-5-6-7-8-9-11-18(16-21)14-17-12-10-13-19(20)15-17/h10,12-13,15,18H,2-9,11,14,16,21H2,1H3. The second-order valence-electron chi connectivity index (χ2n) is 6.20. The zero-order valence-corrected chi connectivity index (χ0v) is 13.6. The summed E-state index contributed by atoms with van der Waals surface area (Å²) in [7, 11) is 0. The third kappa shape index (κ3) is 8.87. The van der Waals surface area contributed by atoms with Crippen LogP contribution in [0.25, 0.3) is 0 Å². The van der Waals surface area contributed by atoms with Crippen LogP contribution in [-0.2, 0) is 6.42 Å². The highest BCUT2D eigenvalue weighted by Crippen LogP contribution is 2.17. The summed E-state index contributed by atoms with van der Waals surface area (Å²) >= 11 is 0. The molecule has 0 bridgehead atoms. The van der Waals surface area contributed by atoms with Gasteiger partial charge in [-0.05, 0) is 43.0 Å². The zero-order chi connectivity index (χ0) is 15.3. The highest BCUT2D eigenvalue weighted by Gasteiger charge is 2.08. The molecule has 0 aliphatic heterocycles. The highest BCUT2D eigenvalue weighted by atomic mass is 19.1. The normalized spacial score (nSPS) is 12.5. The summed E-state index contributed by atoms with van der Waals surface area (Å²) in [6.07, 6.45) is 12.8. The summed E-state index contributed by atoms with van der Waals surface area (Å²) in [6, 6.07) is 6.92. The number of rotatable bonds is 12. The molecule has 0 aliphatic rings. The smallest absolute Gasteiger partial charge is 0.123 e. The maximum atomic E-state index is 13.2. The lowest BCUT2D eigenvalue weighted by Gasteiger charge is -2.14. The molecular weight excluding hydrogens is 261 g/mol. The van der Waals surface area contributed by atoms with Crippen LogP contribution < -0.4 is 5.73 Å². The minimum atomic E-state index is -0.143. The fraction of sp³-hybridized carbons (Fsp3) is 0.684. The van der Waals surface area contributed by atoms with E-state index in [0.717, 1.165) is 12.0 Å². The molecular formula is C19H32FN. The molecule has 1 aromatic rings. The molecule has 0 heterocycles. The summed E-state index contributed by atoms with van der Waals surface area (Å²) in [5.74, 6) is 0.349. The van der Waals surface area contributed by atoms with Crippen molar-refractivity contribution in [2.24, 2.45) is 11.7 Å². The van der Waals surface area contributed by atoms with Crippen LogP contribution in [0.1, 0.15) is 70.3 Å². The Morgan fingerprint density at radius 3 is 2.29 bits per heavy atom. The van der Waals surface area contributed by atoms with Crippen LogP contribution in [0.3, 0.4) is 0 Å². The minimum Gasteiger partial charge on any atom is -0.330 e. The number of halogens is 1. The molecule has 0 saturated heterocycles. The second-order valence-corrected chi connectivity index (χ2v) is 6.20. The van der Waals surface area contributed by atoms with Gasteiger partial charge in [-0.1, -0.05) is 70.4 Å². The van der Waals surface area contributed by atoms with Crippen LogP contribution in [0.2, 0.25) is 0 Å². The first-order chi connectivity index (χ1) is 10.3. The Balaban J connectivity index is 2.11. The fourth-order valence-corrected chi connectivity index (χ4v) is 2.87. The van der Waals surface area contributed by atoms with Crippen molar-refractivity contribution < 1.29 is 4.39 Å². The third-order valence-electron chi connectivity index (χ3n) is 4.21. The van der Waals surface area contributed by atoms with Gasteiger partial charge in [0.05, 0.1) is 0 Å². The number of nitrogens with two attached hydrogens (primary N) is 1. The van der Waals surface area contributed by atoms with E-state index < -0.39 is 0 Å². The molecule has 0 aromatic heterocycles. The van der Waals surface area contributed by atoms with Crippen molar-refractivity contribution in [3.8, 4) is 0 Å². The van der Waals surface area contributed by atoms with Crippen LogP contribution >= 0.6 is 0 Å². The Kier molecular flexibility index (Phi) is 10.1. The lowest BCUT2D eigenvalue weighted by molar-refractivity contribution is 0.454. The lowest BCUT2D eigenvalue weighted by Crippen LogP contribution is -2.17. The van der Waals surface area contributed by atoms with E-state index >= 15 is 0 Å². The van der Waals surface area contributed by atoms with Gasteiger partial charge in [0.15, 0.2) is 0 Å². The molecule has 1 unspecified atom stereocenters. The Bertz CT molecular complexity index is 364. The Morgan fingerprint density at radius 1 is 1.00 bits per heavy atom. The highest BCUT2D eigenvalue weighted by molar-refractivity contribution is 5.16. The Morgan fingerprint density at radius 2 is 1.67 bits per heavy atom. The van der Waals surface area contributed by atoms with Crippen LogP contribution in [0.4, 0.5) is 4.39 Å². The summed E-state index contributed by atoms with van der Waals surface area (Å²) in [4.78, 5) is 0. The molecule has 21 heavy (non-hydrogen) atoms. The largest absolute Gasteiger partial charge is 0.330 e. The van der Waals surface area contributed by atoms with E-state index in [1.165, 1.54) is 63.9 Å². The SMILES string of the molecule is CCCCCCCCCCC(CN)Cc1cccc(F)c1. The topological polar surface area (TPSA) is 26.0 Å². The number of hydrogen-bond donors (Lipinski definition) is 1. The van der Waals surface area contributed by atoms with E-state index in [2.05, 4.69) is 6.92 Å². The van der Waals surface area contributed by atoms with E-state index in [1.807, 2.05) is 6.07 Å². The molecule has 1 atom stereocenters. The first-order valence-corrected chi connectivity index (χ1v) is 8.70. The predicted molar refractivity (Wildman–Crippen MR) is 89.9 cm³/mol. The van der Waals surface area contributed by atoms with Gasteiger partial charge in [-0.3, -0.25) is 0 Å². The van der Waals surface area contributed by atoms with Crippen molar-refractivity contribution >= 4 is 0 Å². The molecule has 1 aromatic carbocycles. The monoisotopic (exact) mass is 293 g/mol. The minimum absolute atomic E-state index is 0.143. The predicted octanol–water partition coefficient (Wildman–Crippen LogP) is 5.47. The Hall–Kier alpha value is -0.890. The quantitative estimate of drug-likeness (QED) is 0.508. The molecule has 0 radical (unpaired) electrons. The summed E-state index contributed by atoms with van der Waals surface area (Å²) < 4.78 is 13.2. The van der Waals surface area contributed by atoms with Gasteiger partial charge in [0.25, 0.3) is 0 Å². The van der Waals surface area contributed by atoms with Gasteiger partial charge < -0.3 is 5.73 Å². The molecule has 1 nitrogen and oxygen atoms in total. The van der Waals surface area contributed by atoms with Gasteiger partial charge in [0, 0.05) is 0 Å². The van der Waals surface area contributed by atoms with Crippen molar-refractivity contribution in [1.82, 2.24) is 0 Å². The van der Waals surface area contributed by atoms with Crippen molar-refractivity contribution in [2.45, 2.75) is 71.1 Å². The van der Waals surface area contributed by atoms with E-state index in [0.29, 0.717) is 12.5 Å². The molecule has 0 spiro atoms. The molecule has 2 N–H and O–H groups in total. The van der Waals surface area contributed by atoms with Gasteiger partial charge in [-0.2, -0.15) is 0 Å². The average Bonchev–Trinajstić information content (AvgIpc) is 2.48. The number of unbranched alkanes of at least 4 members (excludes halogenated alkanes) is 7. The van der Waals surface area contributed by atoms with Crippen molar-refractivity contribution in [3.05, 3.63) is 35.6 Å². The van der Waals surface area contributed by atoms with Crippen LogP contribution in [-0.4, -0.2) is 6.54 Å². The molecule has 120 valence electrons. The third-order valence-corrected chi connectivity index (χ3v) is 4.21. The maximum absolute atomic E-state index is 13.2. The molecule has 0 aliphatic carbocycles. The van der Waals surface area contributed by atoms with E-state index in [9.17, 15) is 4.39 Å². The van der Waals surface area contributed by atoms with E-state index in [-0.39, 0.29) is 5.82 Å². The second kappa shape index (κ2) is 11.7. The van der Waals surface area contributed by atoms with Crippen LogP contribution in [0, 0.1) is 11.7 Å². The van der Waals surface area contributed by atoms with Crippen molar-refractivity contribution in [2.75, 3.05) is 6.54 Å². The van der Waals surface area contributed by atoms with Gasteiger partial charge in [-0.25, -0.2) is 4.39 Å². The van der Waals surface area contributed by atoms with Crippen LogP contribution in [0.15, 0.2) is 24.3 Å². The summed E-state index contributed by atoms with van der Waals surface area (Å²) in [5, 5.41) is 0. The molecule has 1 rings (SSSR count). The zero-order valence-electron chi connectivity index (χ0n) is 13.6. The first kappa shape index (κ1) is 18.2. The van der Waals surface area contributed by atoms with Crippen LogP contribution in [0.5, 0.6) is 0 Å². The summed E-state index contributed by atoms with van der Waals surface area (Å²) in [6.45, 7) is 2.96. The van der Waals surface area contributed by atoms with E-state index in [1.54, 1.807) is 12.1 Å². The maximum Gasteiger partial charge on any atom is 0.123 e. The average molecular weight is 293 g/mol. The van der Waals surface area contributed by atoms with Crippen molar-refractivity contribution in [1.29, 1.82) is 0 Å². The molecule has 2 heteroatoms. The van der Waals surface area contributed by atoms with Gasteiger partial charge in [0.2, 0.25) is 0 Å². The number of hydrogen-bond acceptors (Lipinski definition) is 1. The first-order valence-electron chi connectivity index (χ1n) is 8.70. The lowest BCUT2D eigenvalue weighted by atomic mass is 9.93. The van der Waals surface area contributed by atoms with E-state index in [4.69, 9.17) is 5.73 Å². The molecule has 0 amide bonds. The van der Waals surface area contributed by atoms with Gasteiger partial charge in [0.1, 0.15) is 5.82 Å².